The van der Waals surface area contributed by atoms with Crippen LogP contribution in [0.5, 0.6) is 0 Å². The van der Waals surface area contributed by atoms with Crippen LogP contribution in [-0.2, 0) is 4.74 Å². The molecule has 3 aromatic carbocycles. The van der Waals surface area contributed by atoms with Gasteiger partial charge in [0.25, 0.3) is 0 Å². The molecule has 102 valence electrons. The first kappa shape index (κ1) is 12.4. The zero-order valence-corrected chi connectivity index (χ0v) is 11.6. The maximum Gasteiger partial charge on any atom is 0.109 e. The van der Waals surface area contributed by atoms with E-state index in [1.165, 1.54) is 22.3 Å². The minimum absolute atomic E-state index is 0.0209. The Labute approximate surface area is 124 Å². The van der Waals surface area contributed by atoms with E-state index in [1.807, 2.05) is 12.1 Å². The molecule has 0 spiro atoms. The Morgan fingerprint density at radius 3 is 1.29 bits per heavy atom. The number of benzene rings is 3. The smallest absolute Gasteiger partial charge is 0.109 e. The first-order chi connectivity index (χ1) is 10.4. The second-order valence-corrected chi connectivity index (χ2v) is 5.35. The summed E-state index contributed by atoms with van der Waals surface area (Å²) in [6.45, 7) is 0. The molecule has 1 aliphatic heterocycles. The van der Waals surface area contributed by atoms with Crippen molar-refractivity contribution in [2.24, 2.45) is 0 Å². The van der Waals surface area contributed by atoms with Crippen LogP contribution in [0.4, 0.5) is 0 Å². The van der Waals surface area contributed by atoms with Crippen LogP contribution in [0.3, 0.4) is 0 Å². The van der Waals surface area contributed by atoms with Crippen LogP contribution in [0.2, 0.25) is 0 Å². The summed E-state index contributed by atoms with van der Waals surface area (Å²) in [7, 11) is 0. The van der Waals surface area contributed by atoms with Gasteiger partial charge in [-0.1, -0.05) is 84.9 Å². The van der Waals surface area contributed by atoms with Crippen molar-refractivity contribution in [2.45, 2.75) is 12.2 Å². The van der Waals surface area contributed by atoms with Crippen molar-refractivity contribution in [3.8, 4) is 0 Å². The zero-order valence-electron chi connectivity index (χ0n) is 11.6. The minimum Gasteiger partial charge on any atom is -0.356 e. The van der Waals surface area contributed by atoms with Gasteiger partial charge in [0, 0.05) is 0 Å². The van der Waals surface area contributed by atoms with Crippen molar-refractivity contribution in [3.63, 3.8) is 0 Å². The molecule has 0 aromatic heterocycles. The van der Waals surface area contributed by atoms with Crippen LogP contribution in [0, 0.1) is 0 Å². The third-order valence-electron chi connectivity index (χ3n) is 4.04. The van der Waals surface area contributed by atoms with Crippen molar-refractivity contribution in [3.05, 3.63) is 107 Å². The van der Waals surface area contributed by atoms with Crippen LogP contribution in [0.15, 0.2) is 84.9 Å². The summed E-state index contributed by atoms with van der Waals surface area (Å²) in [5.41, 5.74) is 4.97. The van der Waals surface area contributed by atoms with Crippen molar-refractivity contribution in [1.29, 1.82) is 0 Å². The predicted octanol–water partition coefficient (Wildman–Crippen LogP) is 4.90. The van der Waals surface area contributed by atoms with E-state index in [0.717, 1.165) is 0 Å². The molecule has 0 N–H and O–H groups in total. The summed E-state index contributed by atoms with van der Waals surface area (Å²) in [6, 6.07) is 29.4. The van der Waals surface area contributed by atoms with E-state index in [0.29, 0.717) is 0 Å². The summed E-state index contributed by atoms with van der Waals surface area (Å²) in [5.74, 6) is 0. The van der Waals surface area contributed by atoms with Gasteiger partial charge < -0.3 is 4.74 Å². The Hall–Kier alpha value is -2.38. The summed E-state index contributed by atoms with van der Waals surface area (Å²) in [5, 5.41) is 0. The van der Waals surface area contributed by atoms with E-state index in [1.54, 1.807) is 0 Å². The number of rotatable bonds is 2. The lowest BCUT2D eigenvalue weighted by Gasteiger charge is -2.15. The molecule has 1 heterocycles. The average Bonchev–Trinajstić information content (AvgIpc) is 2.96. The largest absolute Gasteiger partial charge is 0.356 e. The van der Waals surface area contributed by atoms with Crippen molar-refractivity contribution >= 4 is 0 Å². The fourth-order valence-electron chi connectivity index (χ4n) is 3.04. The van der Waals surface area contributed by atoms with Gasteiger partial charge in [-0.3, -0.25) is 0 Å². The molecule has 21 heavy (non-hydrogen) atoms. The molecule has 3 aromatic rings. The maximum atomic E-state index is 6.40. The number of fused-ring (bicyclic) bond motifs is 1. The summed E-state index contributed by atoms with van der Waals surface area (Å²) in [6.07, 6.45) is 0.0419. The highest BCUT2D eigenvalue weighted by Gasteiger charge is 2.33. The molecule has 0 saturated heterocycles. The van der Waals surface area contributed by atoms with E-state index in [9.17, 15) is 0 Å². The van der Waals surface area contributed by atoms with Crippen LogP contribution in [0.25, 0.3) is 0 Å². The van der Waals surface area contributed by atoms with Gasteiger partial charge in [-0.2, -0.15) is 0 Å². The van der Waals surface area contributed by atoms with Gasteiger partial charge >= 0.3 is 0 Å². The van der Waals surface area contributed by atoms with E-state index in [4.69, 9.17) is 4.74 Å². The Kier molecular flexibility index (Phi) is 3.06. The van der Waals surface area contributed by atoms with Crippen LogP contribution >= 0.6 is 0 Å². The summed E-state index contributed by atoms with van der Waals surface area (Å²) < 4.78 is 6.40. The van der Waals surface area contributed by atoms with E-state index in [-0.39, 0.29) is 12.2 Å². The Bertz CT molecular complexity index is 670. The van der Waals surface area contributed by atoms with E-state index >= 15 is 0 Å². The first-order valence-corrected chi connectivity index (χ1v) is 7.27. The quantitative estimate of drug-likeness (QED) is 0.645. The second kappa shape index (κ2) is 5.19. The third-order valence-corrected chi connectivity index (χ3v) is 4.04. The first-order valence-electron chi connectivity index (χ1n) is 7.27. The highest BCUT2D eigenvalue weighted by Crippen LogP contribution is 2.45. The van der Waals surface area contributed by atoms with Crippen LogP contribution < -0.4 is 0 Å². The number of ether oxygens (including phenoxy) is 1. The van der Waals surface area contributed by atoms with Crippen LogP contribution in [-0.4, -0.2) is 0 Å². The minimum atomic E-state index is 0.0209. The molecule has 0 amide bonds. The molecular formula is C20H16O. The molecule has 0 radical (unpaired) electrons. The van der Waals surface area contributed by atoms with Crippen molar-refractivity contribution < 1.29 is 4.74 Å². The normalized spacial score (nSPS) is 20.2. The molecule has 1 heteroatoms. The average molecular weight is 272 g/mol. The topological polar surface area (TPSA) is 9.23 Å². The lowest BCUT2D eigenvalue weighted by Crippen LogP contribution is -2.01. The van der Waals surface area contributed by atoms with Gasteiger partial charge in [0.1, 0.15) is 12.2 Å². The third kappa shape index (κ3) is 2.16. The predicted molar refractivity (Wildman–Crippen MR) is 84.1 cm³/mol. The van der Waals surface area contributed by atoms with Gasteiger partial charge in [0.15, 0.2) is 0 Å². The lowest BCUT2D eigenvalue weighted by molar-refractivity contribution is 0.0582. The Balaban J connectivity index is 1.81. The monoisotopic (exact) mass is 272 g/mol. The Morgan fingerprint density at radius 2 is 0.857 bits per heavy atom. The van der Waals surface area contributed by atoms with Gasteiger partial charge in [0.2, 0.25) is 0 Å². The van der Waals surface area contributed by atoms with Gasteiger partial charge in [-0.15, -0.1) is 0 Å². The highest BCUT2D eigenvalue weighted by atomic mass is 16.5. The molecule has 0 bridgehead atoms. The summed E-state index contributed by atoms with van der Waals surface area (Å²) >= 11 is 0. The SMILES string of the molecule is c1ccc([C@@H]2O[C@@H](c3ccccc3)c3ccccc32)cc1. The molecule has 0 unspecified atom stereocenters. The van der Waals surface area contributed by atoms with Crippen molar-refractivity contribution in [1.82, 2.24) is 0 Å². The standard InChI is InChI=1S/C20H16O/c1-3-9-15(10-4-1)19-17-13-7-8-14-18(17)20(21-19)16-11-5-2-6-12-16/h1-14,19-20H/t19-,20-/m0/s1. The molecule has 2 atom stereocenters. The van der Waals surface area contributed by atoms with Crippen molar-refractivity contribution in [2.75, 3.05) is 0 Å². The molecular weight excluding hydrogens is 256 g/mol. The summed E-state index contributed by atoms with van der Waals surface area (Å²) in [4.78, 5) is 0. The van der Waals surface area contributed by atoms with E-state index < -0.39 is 0 Å². The second-order valence-electron chi connectivity index (χ2n) is 5.35. The molecule has 0 fully saturated rings. The van der Waals surface area contributed by atoms with Gasteiger partial charge in [-0.25, -0.2) is 0 Å². The fourth-order valence-corrected chi connectivity index (χ4v) is 3.04. The zero-order chi connectivity index (χ0) is 14.1. The molecule has 0 aliphatic carbocycles. The highest BCUT2D eigenvalue weighted by molar-refractivity contribution is 5.44. The molecule has 1 nitrogen and oxygen atoms in total. The van der Waals surface area contributed by atoms with Gasteiger partial charge in [0.05, 0.1) is 0 Å². The van der Waals surface area contributed by atoms with Gasteiger partial charge in [-0.05, 0) is 22.3 Å². The Morgan fingerprint density at radius 1 is 0.476 bits per heavy atom. The molecule has 0 saturated carbocycles. The molecule has 4 rings (SSSR count). The fraction of sp³-hybridized carbons (Fsp3) is 0.100. The van der Waals surface area contributed by atoms with E-state index in [2.05, 4.69) is 72.8 Å². The van der Waals surface area contributed by atoms with Crippen LogP contribution in [0.1, 0.15) is 34.5 Å². The number of hydrogen-bond donors (Lipinski definition) is 0. The lowest BCUT2D eigenvalue weighted by atomic mass is 9.95. The number of hydrogen-bond acceptors (Lipinski definition) is 1. The molecule has 1 aliphatic rings. The maximum absolute atomic E-state index is 6.40.